The first kappa shape index (κ1) is 18.6. The van der Waals surface area contributed by atoms with E-state index in [9.17, 15) is 0 Å². The standard InChI is InChI=1S/C18H17Cl3O4/c1-2-18-23-10-13(25-18)9-22-17-6-4-12(8-16(17)21)24-11-3-5-14(19)15(20)7-11/h3-8,13,18H,2,9-10H2,1H3. The summed E-state index contributed by atoms with van der Waals surface area (Å²) in [5.74, 6) is 1.70. The molecule has 2 aromatic carbocycles. The molecule has 2 atom stereocenters. The highest BCUT2D eigenvalue weighted by Gasteiger charge is 2.25. The van der Waals surface area contributed by atoms with Gasteiger partial charge in [-0.15, -0.1) is 0 Å². The van der Waals surface area contributed by atoms with Gasteiger partial charge in [-0.1, -0.05) is 41.7 Å². The summed E-state index contributed by atoms with van der Waals surface area (Å²) in [6.45, 7) is 2.91. The Kier molecular flexibility index (Phi) is 6.31. The van der Waals surface area contributed by atoms with Crippen LogP contribution in [0.5, 0.6) is 17.2 Å². The van der Waals surface area contributed by atoms with Crippen LogP contribution < -0.4 is 9.47 Å². The van der Waals surface area contributed by atoms with E-state index in [0.717, 1.165) is 6.42 Å². The third kappa shape index (κ3) is 4.93. The first-order valence-corrected chi connectivity index (χ1v) is 9.01. The molecule has 25 heavy (non-hydrogen) atoms. The van der Waals surface area contributed by atoms with Gasteiger partial charge < -0.3 is 18.9 Å². The second kappa shape index (κ2) is 8.47. The van der Waals surface area contributed by atoms with E-state index in [-0.39, 0.29) is 12.4 Å². The van der Waals surface area contributed by atoms with Gasteiger partial charge in [-0.05, 0) is 30.7 Å². The Bertz CT molecular complexity index is 738. The van der Waals surface area contributed by atoms with Crippen LogP contribution in [-0.4, -0.2) is 25.6 Å². The summed E-state index contributed by atoms with van der Waals surface area (Å²) in [6.07, 6.45) is 0.581. The van der Waals surface area contributed by atoms with Crippen LogP contribution in [0.2, 0.25) is 15.1 Å². The van der Waals surface area contributed by atoms with Crippen molar-refractivity contribution < 1.29 is 18.9 Å². The van der Waals surface area contributed by atoms with Crippen LogP contribution in [0, 0.1) is 0 Å². The molecular formula is C18H17Cl3O4. The quantitative estimate of drug-likeness (QED) is 0.595. The highest BCUT2D eigenvalue weighted by atomic mass is 35.5. The fraction of sp³-hybridized carbons (Fsp3) is 0.333. The van der Waals surface area contributed by atoms with Crippen LogP contribution in [0.3, 0.4) is 0 Å². The molecule has 1 heterocycles. The smallest absolute Gasteiger partial charge is 0.158 e. The number of benzene rings is 2. The number of hydrogen-bond acceptors (Lipinski definition) is 4. The summed E-state index contributed by atoms with van der Waals surface area (Å²) in [6, 6.07) is 10.2. The van der Waals surface area contributed by atoms with Crippen molar-refractivity contribution in [1.82, 2.24) is 0 Å². The fourth-order valence-corrected chi connectivity index (χ4v) is 2.84. The van der Waals surface area contributed by atoms with Crippen LogP contribution >= 0.6 is 34.8 Å². The van der Waals surface area contributed by atoms with Crippen molar-refractivity contribution in [1.29, 1.82) is 0 Å². The van der Waals surface area contributed by atoms with Crippen molar-refractivity contribution in [2.45, 2.75) is 25.7 Å². The monoisotopic (exact) mass is 402 g/mol. The maximum absolute atomic E-state index is 6.27. The van der Waals surface area contributed by atoms with Gasteiger partial charge in [0.25, 0.3) is 0 Å². The van der Waals surface area contributed by atoms with Gasteiger partial charge in [0.15, 0.2) is 6.29 Å². The molecule has 1 fully saturated rings. The SMILES string of the molecule is CCC1OCC(COc2ccc(Oc3ccc(Cl)c(Cl)c3)cc2Cl)O1. The van der Waals surface area contributed by atoms with Crippen molar-refractivity contribution in [3.05, 3.63) is 51.5 Å². The van der Waals surface area contributed by atoms with Crippen molar-refractivity contribution in [3.63, 3.8) is 0 Å². The van der Waals surface area contributed by atoms with Crippen molar-refractivity contribution >= 4 is 34.8 Å². The maximum atomic E-state index is 6.27. The Hall–Kier alpha value is -1.17. The molecule has 2 unspecified atom stereocenters. The molecule has 7 heteroatoms. The molecule has 0 amide bonds. The summed E-state index contributed by atoms with van der Waals surface area (Å²) >= 11 is 18.1. The molecule has 0 bridgehead atoms. The highest BCUT2D eigenvalue weighted by Crippen LogP contribution is 2.33. The van der Waals surface area contributed by atoms with Gasteiger partial charge >= 0.3 is 0 Å². The Morgan fingerprint density at radius 3 is 2.36 bits per heavy atom. The molecule has 4 nitrogen and oxygen atoms in total. The Labute approximate surface area is 161 Å². The molecule has 3 rings (SSSR count). The molecule has 0 radical (unpaired) electrons. The summed E-state index contributed by atoms with van der Waals surface area (Å²) in [4.78, 5) is 0. The first-order valence-electron chi connectivity index (χ1n) is 7.87. The van der Waals surface area contributed by atoms with Gasteiger partial charge in [-0.2, -0.15) is 0 Å². The zero-order valence-corrected chi connectivity index (χ0v) is 15.8. The Balaban J connectivity index is 1.59. The predicted octanol–water partition coefficient (Wildman–Crippen LogP) is 5.97. The van der Waals surface area contributed by atoms with Gasteiger partial charge in [-0.25, -0.2) is 0 Å². The molecule has 0 aromatic heterocycles. The van der Waals surface area contributed by atoms with Crippen LogP contribution in [0.1, 0.15) is 13.3 Å². The number of ether oxygens (including phenoxy) is 4. The Morgan fingerprint density at radius 2 is 1.72 bits per heavy atom. The minimum Gasteiger partial charge on any atom is -0.489 e. The van der Waals surface area contributed by atoms with Gasteiger partial charge in [0, 0.05) is 12.1 Å². The zero-order valence-electron chi connectivity index (χ0n) is 13.5. The highest BCUT2D eigenvalue weighted by molar-refractivity contribution is 6.42. The molecule has 0 spiro atoms. The second-order valence-corrected chi connectivity index (χ2v) is 6.73. The summed E-state index contributed by atoms with van der Waals surface area (Å²) in [5, 5.41) is 1.34. The molecule has 0 aliphatic carbocycles. The lowest BCUT2D eigenvalue weighted by Crippen LogP contribution is -2.20. The lowest BCUT2D eigenvalue weighted by atomic mass is 10.3. The van der Waals surface area contributed by atoms with Gasteiger partial charge in [0.2, 0.25) is 0 Å². The molecule has 0 N–H and O–H groups in total. The van der Waals surface area contributed by atoms with Gasteiger partial charge in [0.1, 0.15) is 30.0 Å². The normalized spacial score (nSPS) is 19.8. The molecule has 0 saturated carbocycles. The van der Waals surface area contributed by atoms with E-state index < -0.39 is 0 Å². The van der Waals surface area contributed by atoms with E-state index in [4.69, 9.17) is 53.8 Å². The maximum Gasteiger partial charge on any atom is 0.158 e. The van der Waals surface area contributed by atoms with E-state index in [2.05, 4.69) is 0 Å². The Morgan fingerprint density at radius 1 is 1.00 bits per heavy atom. The fourth-order valence-electron chi connectivity index (χ4n) is 2.33. The molecule has 1 saturated heterocycles. The number of halogens is 3. The summed E-state index contributed by atoms with van der Waals surface area (Å²) in [5.41, 5.74) is 0. The second-order valence-electron chi connectivity index (χ2n) is 5.51. The van der Waals surface area contributed by atoms with E-state index in [1.807, 2.05) is 6.92 Å². The minimum absolute atomic E-state index is 0.0897. The van der Waals surface area contributed by atoms with Crippen LogP contribution in [0.25, 0.3) is 0 Å². The first-order chi connectivity index (χ1) is 12.0. The van der Waals surface area contributed by atoms with E-state index in [1.165, 1.54) is 0 Å². The van der Waals surface area contributed by atoms with Crippen LogP contribution in [-0.2, 0) is 9.47 Å². The molecule has 134 valence electrons. The number of hydrogen-bond donors (Lipinski definition) is 0. The summed E-state index contributed by atoms with van der Waals surface area (Å²) < 4.78 is 22.6. The van der Waals surface area contributed by atoms with Crippen molar-refractivity contribution in [2.75, 3.05) is 13.2 Å². The zero-order chi connectivity index (χ0) is 17.8. The van der Waals surface area contributed by atoms with Gasteiger partial charge in [0.05, 0.1) is 21.7 Å². The van der Waals surface area contributed by atoms with Gasteiger partial charge in [-0.3, -0.25) is 0 Å². The average molecular weight is 404 g/mol. The third-order valence-electron chi connectivity index (χ3n) is 3.60. The van der Waals surface area contributed by atoms with Crippen LogP contribution in [0.4, 0.5) is 0 Å². The molecular weight excluding hydrogens is 387 g/mol. The molecule has 1 aliphatic heterocycles. The van der Waals surface area contributed by atoms with E-state index in [0.29, 0.717) is 45.5 Å². The number of rotatable bonds is 6. The third-order valence-corrected chi connectivity index (χ3v) is 4.63. The van der Waals surface area contributed by atoms with Crippen LogP contribution in [0.15, 0.2) is 36.4 Å². The average Bonchev–Trinajstić information content (AvgIpc) is 3.05. The molecule has 1 aliphatic rings. The van der Waals surface area contributed by atoms with E-state index in [1.54, 1.807) is 36.4 Å². The lowest BCUT2D eigenvalue weighted by Gasteiger charge is -2.13. The summed E-state index contributed by atoms with van der Waals surface area (Å²) in [7, 11) is 0. The predicted molar refractivity (Wildman–Crippen MR) is 98.4 cm³/mol. The molecule has 2 aromatic rings. The topological polar surface area (TPSA) is 36.9 Å². The largest absolute Gasteiger partial charge is 0.489 e. The minimum atomic E-state index is -0.147. The van der Waals surface area contributed by atoms with Crippen molar-refractivity contribution in [3.8, 4) is 17.2 Å². The van der Waals surface area contributed by atoms with Crippen molar-refractivity contribution in [2.24, 2.45) is 0 Å². The lowest BCUT2D eigenvalue weighted by molar-refractivity contribution is -0.0642. The van der Waals surface area contributed by atoms with E-state index >= 15 is 0 Å².